The van der Waals surface area contributed by atoms with Crippen LogP contribution in [-0.4, -0.2) is 21.1 Å². The van der Waals surface area contributed by atoms with Gasteiger partial charge in [0, 0.05) is 11.6 Å². The molecule has 4 nitrogen and oxygen atoms in total. The first-order valence-corrected chi connectivity index (χ1v) is 7.34. The zero-order valence-electron chi connectivity index (χ0n) is 11.5. The van der Waals surface area contributed by atoms with Gasteiger partial charge in [-0.15, -0.1) is 0 Å². The number of benzene rings is 2. The number of hydrogen-bond acceptors (Lipinski definition) is 3. The minimum absolute atomic E-state index is 0.772. The number of nitrogens with zero attached hydrogens (tertiary/aromatic N) is 3. The molecule has 1 aromatic heterocycles. The molecule has 0 aliphatic carbocycles. The minimum atomic E-state index is 0.772. The lowest BCUT2D eigenvalue weighted by Crippen LogP contribution is -2.36. The third kappa shape index (κ3) is 2.26. The van der Waals surface area contributed by atoms with E-state index in [2.05, 4.69) is 31.9 Å². The number of fused-ring (bicyclic) bond motifs is 3. The maximum absolute atomic E-state index is 6.25. The number of hydrogen-bond donors (Lipinski definition) is 1. The number of nitrogens with one attached hydrogen (secondary N) is 1. The van der Waals surface area contributed by atoms with Crippen LogP contribution in [0.1, 0.15) is 5.56 Å². The van der Waals surface area contributed by atoms with Gasteiger partial charge in [-0.2, -0.15) is 0 Å². The van der Waals surface area contributed by atoms with Gasteiger partial charge in [-0.25, -0.2) is 4.98 Å². The summed E-state index contributed by atoms with van der Waals surface area (Å²) in [6.45, 7) is 2.40. The fourth-order valence-electron chi connectivity index (χ4n) is 2.76. The van der Waals surface area contributed by atoms with Gasteiger partial charge in [0.15, 0.2) is 0 Å². The van der Waals surface area contributed by atoms with Crippen molar-refractivity contribution in [3.63, 3.8) is 0 Å². The molecule has 1 N–H and O–H groups in total. The number of anilines is 1. The average molecular weight is 299 g/mol. The van der Waals surface area contributed by atoms with Gasteiger partial charge in [-0.1, -0.05) is 41.9 Å². The van der Waals surface area contributed by atoms with Gasteiger partial charge < -0.3 is 5.32 Å². The molecule has 2 heterocycles. The Kier molecular flexibility index (Phi) is 3.05. The van der Waals surface area contributed by atoms with E-state index in [0.717, 1.165) is 47.4 Å². The molecule has 0 unspecified atom stereocenters. The van der Waals surface area contributed by atoms with Crippen LogP contribution in [0.5, 0.6) is 0 Å². The highest BCUT2D eigenvalue weighted by atomic mass is 35.5. The van der Waals surface area contributed by atoms with Crippen molar-refractivity contribution >= 4 is 28.6 Å². The second kappa shape index (κ2) is 5.06. The van der Waals surface area contributed by atoms with Gasteiger partial charge in [-0.05, 0) is 23.8 Å². The average Bonchev–Trinajstić information content (AvgIpc) is 2.88. The van der Waals surface area contributed by atoms with E-state index in [4.69, 9.17) is 11.6 Å². The second-order valence-corrected chi connectivity index (χ2v) is 5.66. The summed E-state index contributed by atoms with van der Waals surface area (Å²) < 4.78 is 2.20. The van der Waals surface area contributed by atoms with Crippen molar-refractivity contribution in [2.75, 3.05) is 12.0 Å². The van der Waals surface area contributed by atoms with E-state index < -0.39 is 0 Å². The van der Waals surface area contributed by atoms with Crippen LogP contribution in [0.4, 0.5) is 5.95 Å². The highest BCUT2D eigenvalue weighted by Gasteiger charge is 2.19. The van der Waals surface area contributed by atoms with Crippen LogP contribution in [0.3, 0.4) is 0 Å². The predicted octanol–water partition coefficient (Wildman–Crippen LogP) is 3.53. The molecule has 2 aromatic carbocycles. The molecule has 1 aliphatic heterocycles. The molecule has 0 bridgehead atoms. The number of imidazole rings is 1. The summed E-state index contributed by atoms with van der Waals surface area (Å²) in [5, 5.41) is 4.19. The molecule has 106 valence electrons. The summed E-state index contributed by atoms with van der Waals surface area (Å²) in [4.78, 5) is 6.92. The first-order valence-electron chi connectivity index (χ1n) is 6.96. The highest BCUT2D eigenvalue weighted by Crippen LogP contribution is 2.24. The minimum Gasteiger partial charge on any atom is -0.343 e. The van der Waals surface area contributed by atoms with Crippen LogP contribution < -0.4 is 5.32 Å². The van der Waals surface area contributed by atoms with E-state index >= 15 is 0 Å². The summed E-state index contributed by atoms with van der Waals surface area (Å²) in [6.07, 6.45) is 0. The summed E-state index contributed by atoms with van der Waals surface area (Å²) in [5.74, 6) is 0.937. The van der Waals surface area contributed by atoms with Crippen molar-refractivity contribution in [3.05, 3.63) is 59.1 Å². The standard InChI is InChI=1S/C16H15ClN4/c17-13-6-2-1-5-12(13)9-20-10-18-16-19-14-7-3-4-8-15(14)21(16)11-20/h1-8H,9-11H2,(H,18,19). The molecule has 1 aliphatic rings. The second-order valence-electron chi connectivity index (χ2n) is 5.25. The molecule has 0 saturated carbocycles. The van der Waals surface area contributed by atoms with Crippen LogP contribution in [0.25, 0.3) is 11.0 Å². The Labute approximate surface area is 128 Å². The normalized spacial score (nSPS) is 14.9. The molecule has 0 saturated heterocycles. The Morgan fingerprint density at radius 2 is 1.90 bits per heavy atom. The number of rotatable bonds is 2. The molecule has 0 fully saturated rings. The largest absolute Gasteiger partial charge is 0.343 e. The Morgan fingerprint density at radius 3 is 2.81 bits per heavy atom. The fourth-order valence-corrected chi connectivity index (χ4v) is 2.96. The molecule has 0 radical (unpaired) electrons. The van der Waals surface area contributed by atoms with Gasteiger partial charge >= 0.3 is 0 Å². The Morgan fingerprint density at radius 1 is 1.10 bits per heavy atom. The van der Waals surface area contributed by atoms with Crippen molar-refractivity contribution in [2.45, 2.75) is 13.2 Å². The molecule has 4 rings (SSSR count). The SMILES string of the molecule is Clc1ccccc1CN1CNc2nc3ccccc3n2C1. The van der Waals surface area contributed by atoms with E-state index in [0.29, 0.717) is 0 Å². The van der Waals surface area contributed by atoms with Crippen molar-refractivity contribution in [1.82, 2.24) is 14.5 Å². The number of halogens is 1. The van der Waals surface area contributed by atoms with Crippen molar-refractivity contribution < 1.29 is 0 Å². The quantitative estimate of drug-likeness (QED) is 0.785. The topological polar surface area (TPSA) is 33.1 Å². The third-order valence-electron chi connectivity index (χ3n) is 3.81. The molecule has 0 atom stereocenters. The van der Waals surface area contributed by atoms with Crippen LogP contribution in [0.2, 0.25) is 5.02 Å². The van der Waals surface area contributed by atoms with Crippen LogP contribution in [0.15, 0.2) is 48.5 Å². The van der Waals surface area contributed by atoms with Crippen molar-refractivity contribution in [2.24, 2.45) is 0 Å². The Balaban J connectivity index is 1.63. The van der Waals surface area contributed by atoms with Gasteiger partial charge in [0.25, 0.3) is 0 Å². The maximum Gasteiger partial charge on any atom is 0.206 e. The maximum atomic E-state index is 6.25. The highest BCUT2D eigenvalue weighted by molar-refractivity contribution is 6.31. The monoisotopic (exact) mass is 298 g/mol. The van der Waals surface area contributed by atoms with Gasteiger partial charge in [-0.3, -0.25) is 9.47 Å². The first-order chi connectivity index (χ1) is 10.3. The molecule has 5 heteroatoms. The fraction of sp³-hybridized carbons (Fsp3) is 0.188. The van der Waals surface area contributed by atoms with Crippen molar-refractivity contribution in [3.8, 4) is 0 Å². The predicted molar refractivity (Wildman–Crippen MR) is 85.2 cm³/mol. The van der Waals surface area contributed by atoms with Gasteiger partial charge in [0.1, 0.15) is 0 Å². The van der Waals surface area contributed by atoms with Crippen molar-refractivity contribution in [1.29, 1.82) is 0 Å². The Hall–Kier alpha value is -2.04. The van der Waals surface area contributed by atoms with Crippen LogP contribution >= 0.6 is 11.6 Å². The van der Waals surface area contributed by atoms with E-state index in [1.54, 1.807) is 0 Å². The van der Waals surface area contributed by atoms with E-state index in [1.165, 1.54) is 0 Å². The summed E-state index contributed by atoms with van der Waals surface area (Å²) in [7, 11) is 0. The lowest BCUT2D eigenvalue weighted by molar-refractivity contribution is 0.213. The van der Waals surface area contributed by atoms with E-state index in [-0.39, 0.29) is 0 Å². The zero-order chi connectivity index (χ0) is 14.2. The summed E-state index contributed by atoms with van der Waals surface area (Å²) in [6, 6.07) is 16.2. The first kappa shape index (κ1) is 12.7. The molecule has 0 amide bonds. The summed E-state index contributed by atoms with van der Waals surface area (Å²) in [5.41, 5.74) is 3.33. The smallest absolute Gasteiger partial charge is 0.206 e. The zero-order valence-corrected chi connectivity index (χ0v) is 12.2. The molecular weight excluding hydrogens is 284 g/mol. The lowest BCUT2D eigenvalue weighted by Gasteiger charge is -2.29. The lowest BCUT2D eigenvalue weighted by atomic mass is 10.2. The molecule has 0 spiro atoms. The van der Waals surface area contributed by atoms with Gasteiger partial charge in [0.2, 0.25) is 5.95 Å². The van der Waals surface area contributed by atoms with Crippen LogP contribution in [-0.2, 0) is 13.2 Å². The molecular formula is C16H15ClN4. The van der Waals surface area contributed by atoms with Gasteiger partial charge in [0.05, 0.1) is 24.4 Å². The molecule has 21 heavy (non-hydrogen) atoms. The number of aromatic nitrogens is 2. The Bertz CT molecular complexity index is 796. The van der Waals surface area contributed by atoms with E-state index in [1.807, 2.05) is 36.4 Å². The summed E-state index contributed by atoms with van der Waals surface area (Å²) >= 11 is 6.25. The number of para-hydroxylation sites is 2. The van der Waals surface area contributed by atoms with Crippen LogP contribution in [0, 0.1) is 0 Å². The molecule has 3 aromatic rings. The van der Waals surface area contributed by atoms with E-state index in [9.17, 15) is 0 Å². The third-order valence-corrected chi connectivity index (χ3v) is 4.18.